The molecule has 1 amide bonds. The summed E-state index contributed by atoms with van der Waals surface area (Å²) in [6.45, 7) is 9.27. The maximum Gasteiger partial charge on any atom is 0.238 e. The highest BCUT2D eigenvalue weighted by molar-refractivity contribution is 7.16. The molecule has 4 nitrogen and oxygen atoms in total. The lowest BCUT2D eigenvalue weighted by atomic mass is 10.1. The van der Waals surface area contributed by atoms with E-state index in [4.69, 9.17) is 11.6 Å². The van der Waals surface area contributed by atoms with Gasteiger partial charge in [-0.25, -0.2) is 0 Å². The molecule has 6 heteroatoms. The molecular weight excluding hydrogens is 354 g/mol. The van der Waals surface area contributed by atoms with E-state index < -0.39 is 0 Å². The molecule has 1 aromatic heterocycles. The van der Waals surface area contributed by atoms with Crippen molar-refractivity contribution in [1.29, 1.82) is 0 Å². The van der Waals surface area contributed by atoms with Gasteiger partial charge in [-0.1, -0.05) is 29.3 Å². The van der Waals surface area contributed by atoms with Crippen LogP contribution < -0.4 is 5.32 Å². The number of carbonyl (C=O) groups is 1. The van der Waals surface area contributed by atoms with Crippen LogP contribution in [0.2, 0.25) is 4.34 Å². The predicted octanol–water partition coefficient (Wildman–Crippen LogP) is 3.77. The molecule has 25 heavy (non-hydrogen) atoms. The fourth-order valence-corrected chi connectivity index (χ4v) is 4.24. The maximum absolute atomic E-state index is 12.3. The predicted molar refractivity (Wildman–Crippen MR) is 106 cm³/mol. The Morgan fingerprint density at radius 2 is 1.84 bits per heavy atom. The lowest BCUT2D eigenvalue weighted by Crippen LogP contribution is -2.48. The van der Waals surface area contributed by atoms with E-state index in [0.717, 1.165) is 48.3 Å². The van der Waals surface area contributed by atoms with Gasteiger partial charge in [-0.15, -0.1) is 11.3 Å². The molecule has 0 atom stereocenters. The molecule has 0 radical (unpaired) electrons. The second-order valence-electron chi connectivity index (χ2n) is 6.62. The van der Waals surface area contributed by atoms with Gasteiger partial charge in [0, 0.05) is 43.3 Å². The molecule has 1 N–H and O–H groups in total. The van der Waals surface area contributed by atoms with Crippen LogP contribution >= 0.6 is 22.9 Å². The van der Waals surface area contributed by atoms with Gasteiger partial charge in [0.25, 0.3) is 0 Å². The zero-order valence-corrected chi connectivity index (χ0v) is 16.3. The van der Waals surface area contributed by atoms with E-state index in [-0.39, 0.29) is 5.91 Å². The summed E-state index contributed by atoms with van der Waals surface area (Å²) in [5.41, 5.74) is 3.22. The molecule has 0 saturated carbocycles. The molecule has 2 aromatic rings. The van der Waals surface area contributed by atoms with Gasteiger partial charge in [-0.2, -0.15) is 0 Å². The lowest BCUT2D eigenvalue weighted by molar-refractivity contribution is -0.117. The molecule has 1 aliphatic rings. The minimum absolute atomic E-state index is 0.0606. The Labute approximate surface area is 158 Å². The third-order valence-corrected chi connectivity index (χ3v) is 5.71. The number of rotatable bonds is 5. The molecular formula is C19H24ClN3OS. The Bertz CT molecular complexity index is 738. The van der Waals surface area contributed by atoms with Crippen molar-refractivity contribution in [3.05, 3.63) is 50.7 Å². The molecule has 134 valence electrons. The minimum atomic E-state index is 0.0606. The van der Waals surface area contributed by atoms with Crippen LogP contribution in [0.5, 0.6) is 0 Å². The van der Waals surface area contributed by atoms with Crippen LogP contribution in [0.1, 0.15) is 16.0 Å². The Balaban J connectivity index is 1.44. The highest BCUT2D eigenvalue weighted by Crippen LogP contribution is 2.23. The molecule has 1 saturated heterocycles. The molecule has 3 rings (SSSR count). The second kappa shape index (κ2) is 8.32. The first-order valence-corrected chi connectivity index (χ1v) is 9.75. The molecule has 1 aromatic carbocycles. The topological polar surface area (TPSA) is 35.6 Å². The highest BCUT2D eigenvalue weighted by atomic mass is 35.5. The summed E-state index contributed by atoms with van der Waals surface area (Å²) >= 11 is 7.63. The zero-order chi connectivity index (χ0) is 17.8. The minimum Gasteiger partial charge on any atom is -0.325 e. The van der Waals surface area contributed by atoms with E-state index >= 15 is 0 Å². The van der Waals surface area contributed by atoms with E-state index in [9.17, 15) is 4.79 Å². The second-order valence-corrected chi connectivity index (χ2v) is 8.42. The van der Waals surface area contributed by atoms with Crippen molar-refractivity contribution >= 4 is 34.5 Å². The maximum atomic E-state index is 12.3. The summed E-state index contributed by atoms with van der Waals surface area (Å²) in [4.78, 5) is 18.2. The van der Waals surface area contributed by atoms with Gasteiger partial charge in [-0.05, 0) is 37.6 Å². The van der Waals surface area contributed by atoms with E-state index in [1.54, 1.807) is 11.3 Å². The summed E-state index contributed by atoms with van der Waals surface area (Å²) < 4.78 is 0.844. The van der Waals surface area contributed by atoms with Crippen molar-refractivity contribution in [1.82, 2.24) is 9.80 Å². The zero-order valence-electron chi connectivity index (χ0n) is 14.7. The van der Waals surface area contributed by atoms with Crippen molar-refractivity contribution in [2.24, 2.45) is 0 Å². The average molecular weight is 378 g/mol. The smallest absolute Gasteiger partial charge is 0.238 e. The SMILES string of the molecule is Cc1ccc(NC(=O)CN2CCN(Cc3ccc(Cl)s3)CC2)c(C)c1. The average Bonchev–Trinajstić information content (AvgIpc) is 2.97. The highest BCUT2D eigenvalue weighted by Gasteiger charge is 2.19. The van der Waals surface area contributed by atoms with Gasteiger partial charge >= 0.3 is 0 Å². The largest absolute Gasteiger partial charge is 0.325 e. The Morgan fingerprint density at radius 1 is 1.12 bits per heavy atom. The van der Waals surface area contributed by atoms with Crippen LogP contribution in [-0.2, 0) is 11.3 Å². The van der Waals surface area contributed by atoms with Gasteiger partial charge in [0.1, 0.15) is 0 Å². The number of nitrogens with one attached hydrogen (secondary N) is 1. The van der Waals surface area contributed by atoms with Crippen LogP contribution in [0.15, 0.2) is 30.3 Å². The number of piperazine rings is 1. The van der Waals surface area contributed by atoms with Crippen molar-refractivity contribution < 1.29 is 4.79 Å². The summed E-state index contributed by atoms with van der Waals surface area (Å²) in [6, 6.07) is 10.1. The quantitative estimate of drug-likeness (QED) is 0.861. The van der Waals surface area contributed by atoms with E-state index in [2.05, 4.69) is 34.2 Å². The van der Waals surface area contributed by atoms with Crippen LogP contribution in [0, 0.1) is 13.8 Å². The number of benzene rings is 1. The van der Waals surface area contributed by atoms with Gasteiger partial charge in [0.15, 0.2) is 0 Å². The van der Waals surface area contributed by atoms with Crippen molar-refractivity contribution in [2.45, 2.75) is 20.4 Å². The first kappa shape index (κ1) is 18.4. The fraction of sp³-hybridized carbons (Fsp3) is 0.421. The van der Waals surface area contributed by atoms with Crippen molar-refractivity contribution in [2.75, 3.05) is 38.0 Å². The first-order valence-electron chi connectivity index (χ1n) is 8.55. The van der Waals surface area contributed by atoms with Gasteiger partial charge in [0.2, 0.25) is 5.91 Å². The number of carbonyl (C=O) groups excluding carboxylic acids is 1. The number of hydrogen-bond donors (Lipinski definition) is 1. The third kappa shape index (κ3) is 5.28. The number of halogens is 1. The fourth-order valence-electron chi connectivity index (χ4n) is 3.11. The molecule has 0 aliphatic carbocycles. The first-order chi connectivity index (χ1) is 12.0. The van der Waals surface area contributed by atoms with Gasteiger partial charge < -0.3 is 5.32 Å². The molecule has 1 aliphatic heterocycles. The monoisotopic (exact) mass is 377 g/mol. The number of aryl methyl sites for hydroxylation is 2. The molecule has 0 bridgehead atoms. The normalized spacial score (nSPS) is 16.1. The van der Waals surface area contributed by atoms with E-state index in [1.807, 2.05) is 25.1 Å². The Hall–Kier alpha value is -1.40. The molecule has 0 unspecified atom stereocenters. The van der Waals surface area contributed by atoms with Crippen LogP contribution in [-0.4, -0.2) is 48.4 Å². The number of amides is 1. The van der Waals surface area contributed by atoms with Gasteiger partial charge in [0.05, 0.1) is 10.9 Å². The number of thiophene rings is 1. The Morgan fingerprint density at radius 3 is 2.48 bits per heavy atom. The molecule has 1 fully saturated rings. The lowest BCUT2D eigenvalue weighted by Gasteiger charge is -2.34. The summed E-state index contributed by atoms with van der Waals surface area (Å²) in [5.74, 6) is 0.0606. The van der Waals surface area contributed by atoms with Crippen molar-refractivity contribution in [3.63, 3.8) is 0 Å². The molecule has 2 heterocycles. The third-order valence-electron chi connectivity index (χ3n) is 4.50. The number of anilines is 1. The van der Waals surface area contributed by atoms with Crippen LogP contribution in [0.4, 0.5) is 5.69 Å². The van der Waals surface area contributed by atoms with E-state index in [1.165, 1.54) is 10.4 Å². The number of hydrogen-bond acceptors (Lipinski definition) is 4. The standard InChI is InChI=1S/C19H24ClN3OS/c1-14-3-5-17(15(2)11-14)21-19(24)13-23-9-7-22(8-10-23)12-16-4-6-18(20)25-16/h3-6,11H,7-10,12-13H2,1-2H3,(H,21,24). The summed E-state index contributed by atoms with van der Waals surface area (Å²) in [7, 11) is 0. The molecule has 0 spiro atoms. The Kier molecular flexibility index (Phi) is 6.12. The van der Waals surface area contributed by atoms with Crippen molar-refractivity contribution in [3.8, 4) is 0 Å². The van der Waals surface area contributed by atoms with Crippen LogP contribution in [0.3, 0.4) is 0 Å². The van der Waals surface area contributed by atoms with Gasteiger partial charge in [-0.3, -0.25) is 14.6 Å². The van der Waals surface area contributed by atoms with E-state index in [0.29, 0.717) is 6.54 Å². The van der Waals surface area contributed by atoms with Crippen LogP contribution in [0.25, 0.3) is 0 Å². The summed E-state index contributed by atoms with van der Waals surface area (Å²) in [6.07, 6.45) is 0. The number of nitrogens with zero attached hydrogens (tertiary/aromatic N) is 2. The summed E-state index contributed by atoms with van der Waals surface area (Å²) in [5, 5.41) is 3.03.